The first-order chi connectivity index (χ1) is 9.73. The Bertz CT molecular complexity index is 672. The van der Waals surface area contributed by atoms with E-state index in [0.717, 1.165) is 6.42 Å². The summed E-state index contributed by atoms with van der Waals surface area (Å²) in [6, 6.07) is 2.47. The number of benzene rings is 1. The molecule has 116 valence electrons. The topological polar surface area (TPSA) is 107 Å². The molecular formula is C13H19N3O4S. The fraction of sp³-hybridized carbons (Fsp3) is 0.538. The Kier molecular flexibility index (Phi) is 4.31. The van der Waals surface area contributed by atoms with Crippen LogP contribution < -0.4 is 5.73 Å². The molecule has 1 aromatic carbocycles. The summed E-state index contributed by atoms with van der Waals surface area (Å²) in [5, 5.41) is 11.2. The zero-order valence-electron chi connectivity index (χ0n) is 12.1. The molecule has 0 aromatic heterocycles. The van der Waals surface area contributed by atoms with Crippen LogP contribution in [-0.2, 0) is 10.0 Å². The molecule has 2 N–H and O–H groups in total. The zero-order chi connectivity index (χ0) is 15.8. The van der Waals surface area contributed by atoms with E-state index in [4.69, 9.17) is 5.73 Å². The largest absolute Gasteiger partial charge is 0.327 e. The molecule has 1 saturated heterocycles. The standard InChI is InChI=1S/C13H19N3O4S/c1-9-6-12(16(17)18)13(7-10(9)2)21(19,20)15-5-3-4-11(14)8-15/h6-7,11H,3-5,8,14H2,1-2H3. The Morgan fingerprint density at radius 2 is 1.95 bits per heavy atom. The van der Waals surface area contributed by atoms with Gasteiger partial charge in [-0.3, -0.25) is 10.1 Å². The van der Waals surface area contributed by atoms with Gasteiger partial charge in [0.25, 0.3) is 5.69 Å². The lowest BCUT2D eigenvalue weighted by molar-refractivity contribution is -0.387. The Labute approximate surface area is 123 Å². The molecule has 1 heterocycles. The van der Waals surface area contributed by atoms with Gasteiger partial charge in [0.2, 0.25) is 10.0 Å². The summed E-state index contributed by atoms with van der Waals surface area (Å²) in [6.45, 7) is 4.00. The second-order valence-corrected chi connectivity index (χ2v) is 7.33. The third kappa shape index (κ3) is 3.07. The van der Waals surface area contributed by atoms with Crippen molar-refractivity contribution in [2.75, 3.05) is 13.1 Å². The van der Waals surface area contributed by atoms with Crippen LogP contribution in [0, 0.1) is 24.0 Å². The quantitative estimate of drug-likeness (QED) is 0.669. The average Bonchev–Trinajstić information content (AvgIpc) is 2.41. The maximum absolute atomic E-state index is 12.7. The molecule has 1 unspecified atom stereocenters. The van der Waals surface area contributed by atoms with E-state index in [2.05, 4.69) is 0 Å². The van der Waals surface area contributed by atoms with Crippen LogP contribution in [0.1, 0.15) is 24.0 Å². The van der Waals surface area contributed by atoms with Crippen molar-refractivity contribution < 1.29 is 13.3 Å². The van der Waals surface area contributed by atoms with Gasteiger partial charge in [-0.2, -0.15) is 4.31 Å². The normalized spacial score (nSPS) is 20.4. The van der Waals surface area contributed by atoms with Crippen LogP contribution >= 0.6 is 0 Å². The van der Waals surface area contributed by atoms with Crippen LogP contribution in [-0.4, -0.2) is 36.8 Å². The molecule has 2 rings (SSSR count). The Hall–Kier alpha value is -1.51. The smallest absolute Gasteiger partial charge is 0.289 e. The molecule has 8 heteroatoms. The fourth-order valence-electron chi connectivity index (χ4n) is 2.46. The van der Waals surface area contributed by atoms with Crippen LogP contribution in [0.15, 0.2) is 17.0 Å². The summed E-state index contributed by atoms with van der Waals surface area (Å²) in [4.78, 5) is 10.3. The minimum Gasteiger partial charge on any atom is -0.327 e. The molecule has 1 aliphatic rings. The lowest BCUT2D eigenvalue weighted by Crippen LogP contribution is -2.45. The number of nitrogens with zero attached hydrogens (tertiary/aromatic N) is 2. The van der Waals surface area contributed by atoms with Crippen molar-refractivity contribution in [1.29, 1.82) is 0 Å². The molecule has 1 atom stereocenters. The predicted octanol–water partition coefficient (Wildman–Crippen LogP) is 1.32. The van der Waals surface area contributed by atoms with Gasteiger partial charge in [-0.05, 0) is 43.9 Å². The molecule has 0 amide bonds. The van der Waals surface area contributed by atoms with Gasteiger partial charge in [0.05, 0.1) is 4.92 Å². The van der Waals surface area contributed by atoms with Gasteiger partial charge in [0.1, 0.15) is 0 Å². The Morgan fingerprint density at radius 1 is 1.33 bits per heavy atom. The summed E-state index contributed by atoms with van der Waals surface area (Å²) in [5.41, 5.74) is 6.83. The highest BCUT2D eigenvalue weighted by Crippen LogP contribution is 2.30. The van der Waals surface area contributed by atoms with Gasteiger partial charge in [0, 0.05) is 25.2 Å². The van der Waals surface area contributed by atoms with Gasteiger partial charge in [0.15, 0.2) is 4.90 Å². The van der Waals surface area contributed by atoms with E-state index >= 15 is 0 Å². The number of nitrogens with two attached hydrogens (primary N) is 1. The number of hydrogen-bond donors (Lipinski definition) is 1. The highest BCUT2D eigenvalue weighted by atomic mass is 32.2. The van der Waals surface area contributed by atoms with Crippen molar-refractivity contribution in [2.45, 2.75) is 37.6 Å². The first kappa shape index (κ1) is 15.9. The molecule has 1 fully saturated rings. The molecule has 1 aromatic rings. The van der Waals surface area contributed by atoms with E-state index in [-0.39, 0.29) is 23.2 Å². The fourth-order valence-corrected chi connectivity index (χ4v) is 4.21. The van der Waals surface area contributed by atoms with Crippen molar-refractivity contribution in [3.05, 3.63) is 33.4 Å². The number of piperidine rings is 1. The summed E-state index contributed by atoms with van der Waals surface area (Å²) >= 11 is 0. The van der Waals surface area contributed by atoms with Gasteiger partial charge in [-0.25, -0.2) is 8.42 Å². The zero-order valence-corrected chi connectivity index (χ0v) is 12.9. The predicted molar refractivity (Wildman–Crippen MR) is 78.5 cm³/mol. The highest BCUT2D eigenvalue weighted by Gasteiger charge is 2.34. The number of rotatable bonds is 3. The van der Waals surface area contributed by atoms with E-state index in [1.54, 1.807) is 13.8 Å². The highest BCUT2D eigenvalue weighted by molar-refractivity contribution is 7.89. The van der Waals surface area contributed by atoms with Gasteiger partial charge >= 0.3 is 0 Å². The molecule has 0 bridgehead atoms. The summed E-state index contributed by atoms with van der Waals surface area (Å²) in [6.07, 6.45) is 1.43. The SMILES string of the molecule is Cc1cc([N+](=O)[O-])c(S(=O)(=O)N2CCCC(N)C2)cc1C. The third-order valence-corrected chi connectivity index (χ3v) is 5.70. The van der Waals surface area contributed by atoms with Crippen molar-refractivity contribution in [3.63, 3.8) is 0 Å². The van der Waals surface area contributed by atoms with Crippen LogP contribution in [0.5, 0.6) is 0 Å². The molecule has 0 spiro atoms. The molecule has 21 heavy (non-hydrogen) atoms. The summed E-state index contributed by atoms with van der Waals surface area (Å²) in [7, 11) is -3.90. The van der Waals surface area contributed by atoms with Crippen molar-refractivity contribution in [1.82, 2.24) is 4.31 Å². The first-order valence-corrected chi connectivity index (χ1v) is 8.19. The molecule has 1 aliphatic heterocycles. The van der Waals surface area contributed by atoms with E-state index in [9.17, 15) is 18.5 Å². The minimum atomic E-state index is -3.90. The van der Waals surface area contributed by atoms with E-state index in [1.165, 1.54) is 16.4 Å². The van der Waals surface area contributed by atoms with Gasteiger partial charge in [-0.1, -0.05) is 0 Å². The summed E-state index contributed by atoms with van der Waals surface area (Å²) < 4.78 is 26.6. The Balaban J connectivity index is 2.53. The van der Waals surface area contributed by atoms with Crippen molar-refractivity contribution in [3.8, 4) is 0 Å². The van der Waals surface area contributed by atoms with Gasteiger partial charge < -0.3 is 5.73 Å². The van der Waals surface area contributed by atoms with E-state index < -0.39 is 14.9 Å². The van der Waals surface area contributed by atoms with E-state index in [0.29, 0.717) is 24.1 Å². The van der Waals surface area contributed by atoms with Gasteiger partial charge in [-0.15, -0.1) is 0 Å². The molecule has 0 aliphatic carbocycles. The Morgan fingerprint density at radius 3 is 2.52 bits per heavy atom. The minimum absolute atomic E-state index is 0.201. The second kappa shape index (κ2) is 5.70. The van der Waals surface area contributed by atoms with Crippen LogP contribution in [0.2, 0.25) is 0 Å². The number of hydrogen-bond acceptors (Lipinski definition) is 5. The number of nitro groups is 1. The second-order valence-electron chi connectivity index (χ2n) is 5.43. The van der Waals surface area contributed by atoms with E-state index in [1.807, 2.05) is 0 Å². The molecule has 0 radical (unpaired) electrons. The maximum atomic E-state index is 12.7. The van der Waals surface area contributed by atoms with Crippen molar-refractivity contribution >= 4 is 15.7 Å². The lowest BCUT2D eigenvalue weighted by Gasteiger charge is -2.29. The van der Waals surface area contributed by atoms with Crippen molar-refractivity contribution in [2.24, 2.45) is 5.73 Å². The third-order valence-electron chi connectivity index (χ3n) is 3.81. The monoisotopic (exact) mass is 313 g/mol. The molecular weight excluding hydrogens is 294 g/mol. The first-order valence-electron chi connectivity index (χ1n) is 6.75. The number of aryl methyl sites for hydroxylation is 2. The van der Waals surface area contributed by atoms with Crippen LogP contribution in [0.25, 0.3) is 0 Å². The number of nitro benzene ring substituents is 1. The average molecular weight is 313 g/mol. The maximum Gasteiger partial charge on any atom is 0.289 e. The number of sulfonamides is 1. The molecule has 0 saturated carbocycles. The molecule has 7 nitrogen and oxygen atoms in total. The summed E-state index contributed by atoms with van der Waals surface area (Å²) in [5.74, 6) is 0. The van der Waals surface area contributed by atoms with Crippen LogP contribution in [0.3, 0.4) is 0 Å². The lowest BCUT2D eigenvalue weighted by atomic mass is 10.1. The van der Waals surface area contributed by atoms with Crippen LogP contribution in [0.4, 0.5) is 5.69 Å².